The van der Waals surface area contributed by atoms with E-state index in [2.05, 4.69) is 31.1 Å². The van der Waals surface area contributed by atoms with Gasteiger partial charge in [0.15, 0.2) is 0 Å². The van der Waals surface area contributed by atoms with Crippen molar-refractivity contribution < 1.29 is 4.42 Å². The zero-order chi connectivity index (χ0) is 12.5. The summed E-state index contributed by atoms with van der Waals surface area (Å²) in [4.78, 5) is 2.37. The Morgan fingerprint density at radius 1 is 1.35 bits per heavy atom. The fourth-order valence-corrected chi connectivity index (χ4v) is 1.75. The lowest BCUT2D eigenvalue weighted by atomic mass is 10.2. The van der Waals surface area contributed by atoms with Crippen molar-refractivity contribution in [2.45, 2.75) is 26.7 Å². The van der Waals surface area contributed by atoms with Crippen molar-refractivity contribution in [3.63, 3.8) is 0 Å². The summed E-state index contributed by atoms with van der Waals surface area (Å²) in [7, 11) is 2.18. The fraction of sp³-hybridized carbons (Fsp3) is 0.714. The summed E-state index contributed by atoms with van der Waals surface area (Å²) in [5.41, 5.74) is 0. The average Bonchev–Trinajstić information content (AvgIpc) is 2.77. The molecule has 0 aliphatic heterocycles. The van der Waals surface area contributed by atoms with Crippen LogP contribution in [0.15, 0.2) is 22.8 Å². The average molecular weight is 238 g/mol. The minimum atomic E-state index is 0.735. The molecule has 0 spiro atoms. The van der Waals surface area contributed by atoms with Crippen molar-refractivity contribution in [1.82, 2.24) is 10.2 Å². The lowest BCUT2D eigenvalue weighted by molar-refractivity contribution is 0.320. The second-order valence-electron chi connectivity index (χ2n) is 5.08. The summed E-state index contributed by atoms with van der Waals surface area (Å²) >= 11 is 0. The monoisotopic (exact) mass is 238 g/mol. The van der Waals surface area contributed by atoms with Gasteiger partial charge in [0.1, 0.15) is 5.76 Å². The van der Waals surface area contributed by atoms with Crippen LogP contribution in [0.4, 0.5) is 0 Å². The van der Waals surface area contributed by atoms with Gasteiger partial charge in [-0.05, 0) is 44.6 Å². The summed E-state index contributed by atoms with van der Waals surface area (Å²) < 4.78 is 5.31. The van der Waals surface area contributed by atoms with E-state index in [9.17, 15) is 0 Å². The molecule has 1 aromatic heterocycles. The number of hydrogen-bond acceptors (Lipinski definition) is 3. The number of likely N-dealkylation sites (N-methyl/N-ethyl adjacent to an activating group) is 1. The molecule has 0 atom stereocenters. The Balaban J connectivity index is 1.96. The number of rotatable bonds is 9. The number of aryl methyl sites for hydroxylation is 1. The van der Waals surface area contributed by atoms with Crippen LogP contribution >= 0.6 is 0 Å². The van der Waals surface area contributed by atoms with Gasteiger partial charge in [-0.25, -0.2) is 0 Å². The SMILES string of the molecule is CC(C)CNCCN(C)CCCc1ccco1. The molecule has 0 aliphatic rings. The van der Waals surface area contributed by atoms with Crippen molar-refractivity contribution >= 4 is 0 Å². The third-order valence-corrected chi connectivity index (χ3v) is 2.77. The Hall–Kier alpha value is -0.800. The van der Waals surface area contributed by atoms with Gasteiger partial charge in [-0.15, -0.1) is 0 Å². The largest absolute Gasteiger partial charge is 0.469 e. The molecule has 98 valence electrons. The van der Waals surface area contributed by atoms with Crippen LogP contribution < -0.4 is 5.32 Å². The molecule has 0 fully saturated rings. The van der Waals surface area contributed by atoms with Crippen LogP contribution in [0, 0.1) is 5.92 Å². The van der Waals surface area contributed by atoms with Crippen molar-refractivity contribution in [2.75, 3.05) is 33.2 Å². The van der Waals surface area contributed by atoms with E-state index >= 15 is 0 Å². The van der Waals surface area contributed by atoms with E-state index < -0.39 is 0 Å². The Bertz CT molecular complexity index is 270. The standard InChI is InChI=1S/C14H26N2O/c1-13(2)12-15-8-10-16(3)9-4-6-14-7-5-11-17-14/h5,7,11,13,15H,4,6,8-10,12H2,1-3H3. The van der Waals surface area contributed by atoms with Crippen molar-refractivity contribution in [3.05, 3.63) is 24.2 Å². The second-order valence-corrected chi connectivity index (χ2v) is 5.08. The van der Waals surface area contributed by atoms with E-state index in [1.54, 1.807) is 6.26 Å². The van der Waals surface area contributed by atoms with Crippen molar-refractivity contribution in [2.24, 2.45) is 5.92 Å². The van der Waals surface area contributed by atoms with Gasteiger partial charge in [-0.3, -0.25) is 0 Å². The molecule has 1 heterocycles. The highest BCUT2D eigenvalue weighted by atomic mass is 16.3. The fourth-order valence-electron chi connectivity index (χ4n) is 1.75. The molecule has 1 aromatic rings. The van der Waals surface area contributed by atoms with Gasteiger partial charge in [0.05, 0.1) is 6.26 Å². The zero-order valence-electron chi connectivity index (χ0n) is 11.4. The molecule has 17 heavy (non-hydrogen) atoms. The van der Waals surface area contributed by atoms with E-state index in [4.69, 9.17) is 4.42 Å². The molecule has 0 saturated heterocycles. The molecule has 0 aromatic carbocycles. The topological polar surface area (TPSA) is 28.4 Å². The molecule has 1 N–H and O–H groups in total. The van der Waals surface area contributed by atoms with Crippen molar-refractivity contribution in [1.29, 1.82) is 0 Å². The summed E-state index contributed by atoms with van der Waals surface area (Å²) in [6.07, 6.45) is 3.94. The highest BCUT2D eigenvalue weighted by molar-refractivity contribution is 4.97. The van der Waals surface area contributed by atoms with E-state index in [1.807, 2.05) is 12.1 Å². The Kier molecular flexibility index (Phi) is 6.97. The zero-order valence-corrected chi connectivity index (χ0v) is 11.4. The Morgan fingerprint density at radius 2 is 2.18 bits per heavy atom. The summed E-state index contributed by atoms with van der Waals surface area (Å²) in [6.45, 7) is 8.91. The molecule has 0 bridgehead atoms. The van der Waals surface area contributed by atoms with Gasteiger partial charge < -0.3 is 14.6 Å². The van der Waals surface area contributed by atoms with E-state index in [1.165, 1.54) is 0 Å². The molecule has 0 aliphatic carbocycles. The number of nitrogens with one attached hydrogen (secondary N) is 1. The van der Waals surface area contributed by atoms with Crippen LogP contribution in [-0.2, 0) is 6.42 Å². The van der Waals surface area contributed by atoms with Crippen LogP contribution in [-0.4, -0.2) is 38.1 Å². The third kappa shape index (κ3) is 7.18. The van der Waals surface area contributed by atoms with Crippen LogP contribution in [0.3, 0.4) is 0 Å². The summed E-state index contributed by atoms with van der Waals surface area (Å²) in [5.74, 6) is 1.83. The van der Waals surface area contributed by atoms with Gasteiger partial charge in [0.25, 0.3) is 0 Å². The maximum atomic E-state index is 5.31. The maximum absolute atomic E-state index is 5.31. The molecule has 3 heteroatoms. The van der Waals surface area contributed by atoms with Gasteiger partial charge in [-0.1, -0.05) is 13.8 Å². The van der Waals surface area contributed by atoms with Gasteiger partial charge in [0.2, 0.25) is 0 Å². The van der Waals surface area contributed by atoms with Crippen LogP contribution in [0.1, 0.15) is 26.0 Å². The molecule has 0 amide bonds. The Morgan fingerprint density at radius 3 is 2.82 bits per heavy atom. The summed E-state index contributed by atoms with van der Waals surface area (Å²) in [5, 5.41) is 3.46. The highest BCUT2D eigenvalue weighted by Crippen LogP contribution is 2.03. The lowest BCUT2D eigenvalue weighted by Crippen LogP contribution is -2.31. The smallest absolute Gasteiger partial charge is 0.103 e. The molecule has 3 nitrogen and oxygen atoms in total. The van der Waals surface area contributed by atoms with Gasteiger partial charge in [0, 0.05) is 19.5 Å². The number of hydrogen-bond donors (Lipinski definition) is 1. The van der Waals surface area contributed by atoms with Gasteiger partial charge >= 0.3 is 0 Å². The third-order valence-electron chi connectivity index (χ3n) is 2.77. The molecule has 1 rings (SSSR count). The Labute approximate surface area is 105 Å². The van der Waals surface area contributed by atoms with Crippen LogP contribution in [0.5, 0.6) is 0 Å². The lowest BCUT2D eigenvalue weighted by Gasteiger charge is -2.17. The van der Waals surface area contributed by atoms with Crippen LogP contribution in [0.25, 0.3) is 0 Å². The predicted octanol–water partition coefficient (Wildman–Crippen LogP) is 2.39. The van der Waals surface area contributed by atoms with E-state index in [0.717, 1.165) is 50.7 Å². The minimum absolute atomic E-state index is 0.735. The first kappa shape index (κ1) is 14.3. The normalized spacial score (nSPS) is 11.6. The first-order valence-electron chi connectivity index (χ1n) is 6.60. The molecule has 0 unspecified atom stereocenters. The first-order chi connectivity index (χ1) is 8.18. The maximum Gasteiger partial charge on any atom is 0.103 e. The predicted molar refractivity (Wildman–Crippen MR) is 72.2 cm³/mol. The molecule has 0 radical (unpaired) electrons. The number of nitrogens with zero attached hydrogens (tertiary/aromatic N) is 1. The van der Waals surface area contributed by atoms with E-state index in [0.29, 0.717) is 0 Å². The first-order valence-corrected chi connectivity index (χ1v) is 6.60. The molecular weight excluding hydrogens is 212 g/mol. The van der Waals surface area contributed by atoms with Gasteiger partial charge in [-0.2, -0.15) is 0 Å². The van der Waals surface area contributed by atoms with E-state index in [-0.39, 0.29) is 0 Å². The number of furan rings is 1. The molecular formula is C14H26N2O. The second kappa shape index (κ2) is 8.31. The minimum Gasteiger partial charge on any atom is -0.469 e. The summed E-state index contributed by atoms with van der Waals surface area (Å²) in [6, 6.07) is 4.00. The van der Waals surface area contributed by atoms with Crippen molar-refractivity contribution in [3.8, 4) is 0 Å². The quantitative estimate of drug-likeness (QED) is 0.670. The molecule has 0 saturated carbocycles. The van der Waals surface area contributed by atoms with Crippen LogP contribution in [0.2, 0.25) is 0 Å². The highest BCUT2D eigenvalue weighted by Gasteiger charge is 2.00.